The second-order valence-electron chi connectivity index (χ2n) is 5.06. The van der Waals surface area contributed by atoms with Crippen molar-refractivity contribution < 1.29 is 17.2 Å². The summed E-state index contributed by atoms with van der Waals surface area (Å²) in [5, 5.41) is 1.66. The zero-order valence-corrected chi connectivity index (χ0v) is 14.7. The molecule has 3 aromatic rings. The molecule has 0 aliphatic rings. The van der Waals surface area contributed by atoms with Gasteiger partial charge in [0, 0.05) is 23.5 Å². The second kappa shape index (κ2) is 7.06. The highest BCUT2D eigenvalue weighted by atomic mass is 35.5. The molecule has 4 nitrogen and oxygen atoms in total. The number of benzene rings is 1. The van der Waals surface area contributed by atoms with E-state index in [9.17, 15) is 12.8 Å². The molecular formula is C16H13ClFNO3S2. The van der Waals surface area contributed by atoms with E-state index in [0.29, 0.717) is 0 Å². The van der Waals surface area contributed by atoms with Crippen LogP contribution in [-0.2, 0) is 23.1 Å². The summed E-state index contributed by atoms with van der Waals surface area (Å²) >= 11 is 7.20. The van der Waals surface area contributed by atoms with Crippen LogP contribution in [0.2, 0.25) is 5.02 Å². The summed E-state index contributed by atoms with van der Waals surface area (Å²) in [4.78, 5) is 0.851. The van der Waals surface area contributed by atoms with Crippen LogP contribution in [0.15, 0.2) is 63.6 Å². The Kier molecular flexibility index (Phi) is 5.05. The van der Waals surface area contributed by atoms with E-state index in [1.807, 2.05) is 17.5 Å². The average Bonchev–Trinajstić information content (AvgIpc) is 3.23. The van der Waals surface area contributed by atoms with Crippen molar-refractivity contribution in [3.05, 3.63) is 75.6 Å². The van der Waals surface area contributed by atoms with Gasteiger partial charge in [0.15, 0.2) is 0 Å². The van der Waals surface area contributed by atoms with E-state index >= 15 is 0 Å². The first-order valence-corrected chi connectivity index (χ1v) is 9.65. The minimum Gasteiger partial charge on any atom is -0.472 e. The Bertz CT molecular complexity index is 873. The lowest BCUT2D eigenvalue weighted by Gasteiger charge is -2.21. The lowest BCUT2D eigenvalue weighted by Crippen LogP contribution is -2.30. The molecule has 0 spiro atoms. The first-order chi connectivity index (χ1) is 11.5. The van der Waals surface area contributed by atoms with Crippen molar-refractivity contribution in [2.45, 2.75) is 18.0 Å². The highest BCUT2D eigenvalue weighted by Crippen LogP contribution is 2.26. The molecule has 0 fully saturated rings. The molecule has 0 aliphatic carbocycles. The highest BCUT2D eigenvalue weighted by Gasteiger charge is 2.26. The summed E-state index contributed by atoms with van der Waals surface area (Å²) in [7, 11) is -3.85. The van der Waals surface area contributed by atoms with Gasteiger partial charge in [-0.2, -0.15) is 4.31 Å². The summed E-state index contributed by atoms with van der Waals surface area (Å²) in [6.07, 6.45) is 2.98. The number of nitrogens with zero attached hydrogens (tertiary/aromatic N) is 1. The monoisotopic (exact) mass is 385 g/mol. The van der Waals surface area contributed by atoms with E-state index in [-0.39, 0.29) is 23.0 Å². The first-order valence-electron chi connectivity index (χ1n) is 6.95. The molecule has 24 heavy (non-hydrogen) atoms. The maximum atomic E-state index is 13.3. The van der Waals surface area contributed by atoms with Gasteiger partial charge in [-0.15, -0.1) is 11.3 Å². The number of sulfonamides is 1. The summed E-state index contributed by atoms with van der Waals surface area (Å²) in [5.74, 6) is -0.657. The van der Waals surface area contributed by atoms with Crippen molar-refractivity contribution in [2.24, 2.45) is 0 Å². The molecule has 8 heteroatoms. The fourth-order valence-electron chi connectivity index (χ4n) is 2.17. The Morgan fingerprint density at radius 1 is 1.21 bits per heavy atom. The quantitative estimate of drug-likeness (QED) is 0.626. The minimum absolute atomic E-state index is 0.0473. The fraction of sp³-hybridized carbons (Fsp3) is 0.125. The SMILES string of the molecule is O=S(=O)(c1ccc(F)c(Cl)c1)N(Cc1ccoc1)Cc1cccs1. The molecule has 0 unspecified atom stereocenters. The molecule has 2 heterocycles. The van der Waals surface area contributed by atoms with E-state index in [0.717, 1.165) is 22.6 Å². The molecule has 1 aromatic carbocycles. The van der Waals surface area contributed by atoms with Crippen LogP contribution >= 0.6 is 22.9 Å². The molecule has 0 atom stereocenters. The molecule has 2 aromatic heterocycles. The number of hydrogen-bond acceptors (Lipinski definition) is 4. The molecule has 0 bridgehead atoms. The Labute approximate surface area is 148 Å². The van der Waals surface area contributed by atoms with E-state index in [1.54, 1.807) is 6.07 Å². The maximum Gasteiger partial charge on any atom is 0.243 e. The molecule has 3 rings (SSSR count). The third-order valence-corrected chi connectivity index (χ3v) is 6.32. The molecule has 0 saturated heterocycles. The van der Waals surface area contributed by atoms with Crippen LogP contribution in [0.25, 0.3) is 0 Å². The predicted octanol–water partition coefficient (Wildman–Crippen LogP) is 4.52. The molecular weight excluding hydrogens is 373 g/mol. The van der Waals surface area contributed by atoms with E-state index in [1.165, 1.54) is 34.2 Å². The zero-order chi connectivity index (χ0) is 17.2. The van der Waals surface area contributed by atoms with Crippen LogP contribution in [-0.4, -0.2) is 12.7 Å². The molecule has 0 amide bonds. The van der Waals surface area contributed by atoms with Crippen molar-refractivity contribution in [3.63, 3.8) is 0 Å². The Hall–Kier alpha value is -1.67. The van der Waals surface area contributed by atoms with Gasteiger partial charge in [-0.3, -0.25) is 0 Å². The third-order valence-electron chi connectivity index (χ3n) is 3.38. The molecule has 0 radical (unpaired) electrons. The standard InChI is InChI=1S/C16H13ClFNO3S2/c17-15-8-14(3-4-16(15)18)24(20,21)19(9-12-5-6-22-11-12)10-13-2-1-7-23-13/h1-8,11H,9-10H2. The van der Waals surface area contributed by atoms with E-state index in [2.05, 4.69) is 0 Å². The van der Waals surface area contributed by atoms with Crippen molar-refractivity contribution >= 4 is 33.0 Å². The smallest absolute Gasteiger partial charge is 0.243 e. The van der Waals surface area contributed by atoms with Crippen LogP contribution in [0.5, 0.6) is 0 Å². The molecule has 0 N–H and O–H groups in total. The van der Waals surface area contributed by atoms with Gasteiger partial charge in [-0.1, -0.05) is 17.7 Å². The third kappa shape index (κ3) is 3.70. The van der Waals surface area contributed by atoms with Gasteiger partial charge in [-0.25, -0.2) is 12.8 Å². The summed E-state index contributed by atoms with van der Waals surface area (Å²) < 4.78 is 45.6. The fourth-order valence-corrected chi connectivity index (χ4v) is 4.65. The topological polar surface area (TPSA) is 50.5 Å². The number of thiophene rings is 1. The Morgan fingerprint density at radius 3 is 2.67 bits per heavy atom. The van der Waals surface area contributed by atoms with Crippen LogP contribution in [0.3, 0.4) is 0 Å². The average molecular weight is 386 g/mol. The van der Waals surface area contributed by atoms with Gasteiger partial charge in [0.25, 0.3) is 0 Å². The molecule has 0 saturated carbocycles. The van der Waals surface area contributed by atoms with Crippen LogP contribution in [0.1, 0.15) is 10.4 Å². The van der Waals surface area contributed by atoms with Crippen molar-refractivity contribution in [1.29, 1.82) is 0 Å². The summed E-state index contributed by atoms with van der Waals surface area (Å²) in [5.41, 5.74) is 0.725. The van der Waals surface area contributed by atoms with Gasteiger partial charge < -0.3 is 4.42 Å². The van der Waals surface area contributed by atoms with E-state index in [4.69, 9.17) is 16.0 Å². The second-order valence-corrected chi connectivity index (χ2v) is 8.44. The van der Waals surface area contributed by atoms with Crippen LogP contribution in [0, 0.1) is 5.82 Å². The largest absolute Gasteiger partial charge is 0.472 e. The normalized spacial score (nSPS) is 12.0. The van der Waals surface area contributed by atoms with Gasteiger partial charge in [0.05, 0.1) is 22.4 Å². The van der Waals surface area contributed by atoms with Gasteiger partial charge >= 0.3 is 0 Å². The minimum atomic E-state index is -3.85. The van der Waals surface area contributed by atoms with Crippen molar-refractivity contribution in [1.82, 2.24) is 4.31 Å². The number of hydrogen-bond donors (Lipinski definition) is 0. The summed E-state index contributed by atoms with van der Waals surface area (Å²) in [6.45, 7) is 0.353. The molecule has 0 aliphatic heterocycles. The first kappa shape index (κ1) is 17.2. The number of rotatable bonds is 6. The highest BCUT2D eigenvalue weighted by molar-refractivity contribution is 7.89. The maximum absolute atomic E-state index is 13.3. The Morgan fingerprint density at radius 2 is 2.04 bits per heavy atom. The predicted molar refractivity (Wildman–Crippen MR) is 90.9 cm³/mol. The number of halogens is 2. The zero-order valence-electron chi connectivity index (χ0n) is 12.4. The van der Waals surface area contributed by atoms with Gasteiger partial charge in [0.1, 0.15) is 5.82 Å². The molecule has 126 valence electrons. The van der Waals surface area contributed by atoms with Gasteiger partial charge in [0.2, 0.25) is 10.0 Å². The van der Waals surface area contributed by atoms with Crippen molar-refractivity contribution in [2.75, 3.05) is 0 Å². The lowest BCUT2D eigenvalue weighted by atomic mass is 10.3. The van der Waals surface area contributed by atoms with Crippen LogP contribution in [0.4, 0.5) is 4.39 Å². The van der Waals surface area contributed by atoms with E-state index < -0.39 is 15.8 Å². The lowest BCUT2D eigenvalue weighted by molar-refractivity contribution is 0.402. The number of furan rings is 1. The van der Waals surface area contributed by atoms with Crippen molar-refractivity contribution in [3.8, 4) is 0 Å². The van der Waals surface area contributed by atoms with Crippen LogP contribution < -0.4 is 0 Å². The summed E-state index contributed by atoms with van der Waals surface area (Å²) in [6, 6.07) is 8.82. The Balaban J connectivity index is 1.97. The van der Waals surface area contributed by atoms with Gasteiger partial charge in [-0.05, 0) is 35.7 Å².